The van der Waals surface area contributed by atoms with E-state index in [4.69, 9.17) is 27.4 Å². The Labute approximate surface area is 150 Å². The number of halogens is 2. The molecule has 2 aromatic rings. The Morgan fingerprint density at radius 2 is 2.12 bits per heavy atom. The molecule has 0 unspecified atom stereocenters. The maximum atomic E-state index is 11.3. The lowest BCUT2D eigenvalue weighted by Gasteiger charge is -2.34. The molecule has 7 nitrogen and oxygen atoms in total. The minimum Gasteiger partial charge on any atom is -0.383 e. The van der Waals surface area contributed by atoms with E-state index in [1.165, 1.54) is 23.4 Å². The van der Waals surface area contributed by atoms with Gasteiger partial charge < -0.3 is 5.11 Å². The van der Waals surface area contributed by atoms with E-state index < -0.39 is 21.6 Å². The normalized spacial score (nSPS) is 15.9. The largest absolute Gasteiger partial charge is 0.383 e. The quantitative estimate of drug-likeness (QED) is 0.723. The molecule has 10 heteroatoms. The van der Waals surface area contributed by atoms with Crippen LogP contribution in [0, 0.1) is 5.92 Å². The summed E-state index contributed by atoms with van der Waals surface area (Å²) in [4.78, 5) is 3.84. The molecule has 0 aliphatic heterocycles. The lowest BCUT2D eigenvalue weighted by Crippen LogP contribution is -2.41. The zero-order valence-electron chi connectivity index (χ0n) is 13.1. The summed E-state index contributed by atoms with van der Waals surface area (Å²) in [6.07, 6.45) is 3.73. The van der Waals surface area contributed by atoms with E-state index in [0.717, 1.165) is 6.26 Å². The average Bonchev–Trinajstić information content (AvgIpc) is 2.96. The van der Waals surface area contributed by atoms with Gasteiger partial charge in [-0.2, -0.15) is 13.5 Å². The average molecular weight is 394 g/mol. The lowest BCUT2D eigenvalue weighted by atomic mass is 9.82. The number of aromatic nitrogens is 3. The lowest BCUT2D eigenvalue weighted by molar-refractivity contribution is -0.0495. The van der Waals surface area contributed by atoms with Gasteiger partial charge in [0.05, 0.1) is 19.4 Å². The fourth-order valence-electron chi connectivity index (χ4n) is 2.27. The van der Waals surface area contributed by atoms with Gasteiger partial charge in [0.1, 0.15) is 18.3 Å². The van der Waals surface area contributed by atoms with Gasteiger partial charge in [-0.05, 0) is 12.1 Å². The van der Waals surface area contributed by atoms with Crippen molar-refractivity contribution in [2.45, 2.75) is 19.1 Å². The summed E-state index contributed by atoms with van der Waals surface area (Å²) in [6.45, 7) is 1.46. The predicted octanol–water partition coefficient (Wildman–Crippen LogP) is 2.08. The first-order valence-corrected chi connectivity index (χ1v) is 9.54. The minimum atomic E-state index is -3.64. The number of rotatable bonds is 7. The van der Waals surface area contributed by atoms with Gasteiger partial charge >= 0.3 is 0 Å². The molecular weight excluding hydrogens is 377 g/mol. The van der Waals surface area contributed by atoms with Crippen molar-refractivity contribution in [2.24, 2.45) is 5.92 Å². The highest BCUT2D eigenvalue weighted by Gasteiger charge is 2.39. The molecule has 2 rings (SSSR count). The summed E-state index contributed by atoms with van der Waals surface area (Å²) in [5.41, 5.74) is -1.14. The Hall–Kier alpha value is -1.19. The molecule has 1 aromatic carbocycles. The summed E-state index contributed by atoms with van der Waals surface area (Å²) >= 11 is 12.2. The van der Waals surface area contributed by atoms with Gasteiger partial charge in [-0.1, -0.05) is 36.2 Å². The highest BCUT2D eigenvalue weighted by molar-refractivity contribution is 7.85. The highest BCUT2D eigenvalue weighted by Crippen LogP contribution is 2.37. The second-order valence-electron chi connectivity index (χ2n) is 5.53. The van der Waals surface area contributed by atoms with Gasteiger partial charge in [-0.3, -0.25) is 4.18 Å². The van der Waals surface area contributed by atoms with E-state index >= 15 is 0 Å². The molecule has 0 fully saturated rings. The van der Waals surface area contributed by atoms with Crippen molar-refractivity contribution >= 4 is 33.3 Å². The Balaban J connectivity index is 2.40. The van der Waals surface area contributed by atoms with Crippen LogP contribution >= 0.6 is 23.2 Å². The maximum Gasteiger partial charge on any atom is 0.264 e. The third kappa shape index (κ3) is 4.67. The van der Waals surface area contributed by atoms with E-state index in [-0.39, 0.29) is 18.2 Å². The van der Waals surface area contributed by atoms with Crippen LogP contribution < -0.4 is 0 Å². The minimum absolute atomic E-state index is 0.0165. The maximum absolute atomic E-state index is 11.3. The van der Waals surface area contributed by atoms with Crippen LogP contribution in [0.15, 0.2) is 30.9 Å². The second-order valence-corrected chi connectivity index (χ2v) is 8.02. The molecule has 0 aliphatic carbocycles. The Morgan fingerprint density at radius 1 is 1.42 bits per heavy atom. The summed E-state index contributed by atoms with van der Waals surface area (Å²) < 4.78 is 28.8. The fourth-order valence-corrected chi connectivity index (χ4v) is 3.30. The van der Waals surface area contributed by atoms with Crippen molar-refractivity contribution in [3.05, 3.63) is 46.5 Å². The van der Waals surface area contributed by atoms with Crippen molar-refractivity contribution in [3.63, 3.8) is 0 Å². The molecule has 0 saturated heterocycles. The first-order chi connectivity index (χ1) is 11.1. The van der Waals surface area contributed by atoms with Crippen molar-refractivity contribution in [1.82, 2.24) is 14.8 Å². The molecule has 0 saturated carbocycles. The molecule has 1 N–H and O–H groups in total. The molecule has 0 aliphatic rings. The molecule has 0 spiro atoms. The Kier molecular flexibility index (Phi) is 5.87. The van der Waals surface area contributed by atoms with Crippen LogP contribution in [0.5, 0.6) is 0 Å². The number of benzene rings is 1. The third-order valence-electron chi connectivity index (χ3n) is 3.61. The van der Waals surface area contributed by atoms with Crippen LogP contribution in [0.2, 0.25) is 10.0 Å². The molecule has 1 aromatic heterocycles. The molecular formula is C14H17Cl2N3O4S. The Bertz CT molecular complexity index is 798. The molecule has 0 amide bonds. The van der Waals surface area contributed by atoms with E-state index in [1.54, 1.807) is 19.1 Å². The van der Waals surface area contributed by atoms with E-state index in [0.29, 0.717) is 10.6 Å². The van der Waals surface area contributed by atoms with Crippen LogP contribution in [-0.2, 0) is 26.4 Å². The number of hydrogen-bond acceptors (Lipinski definition) is 6. The van der Waals surface area contributed by atoms with Crippen LogP contribution in [-0.4, -0.2) is 41.2 Å². The molecule has 132 valence electrons. The second kappa shape index (κ2) is 7.37. The van der Waals surface area contributed by atoms with Gasteiger partial charge in [0.15, 0.2) is 0 Å². The predicted molar refractivity (Wildman–Crippen MR) is 90.3 cm³/mol. The molecule has 24 heavy (non-hydrogen) atoms. The molecule has 0 radical (unpaired) electrons. The first-order valence-electron chi connectivity index (χ1n) is 6.96. The number of nitrogens with zero attached hydrogens (tertiary/aromatic N) is 3. The topological polar surface area (TPSA) is 94.3 Å². The van der Waals surface area contributed by atoms with Gasteiger partial charge in [0.25, 0.3) is 10.1 Å². The van der Waals surface area contributed by atoms with Gasteiger partial charge in [-0.15, -0.1) is 0 Å². The standard InChI is InChI=1S/C14H17Cl2N3O4S/c1-10(6-23-24(2,21)22)14(20,7-19-9-17-8-18-19)12-4-3-11(15)5-13(12)16/h3-5,8-10,20H,6-7H2,1-2H3/t10-,14+/m0/s1. The summed E-state index contributed by atoms with van der Waals surface area (Å²) in [5.74, 6) is -0.616. The smallest absolute Gasteiger partial charge is 0.264 e. The first kappa shape index (κ1) is 19.1. The number of aliphatic hydroxyl groups is 1. The van der Waals surface area contributed by atoms with Gasteiger partial charge in [-0.25, -0.2) is 9.67 Å². The summed E-state index contributed by atoms with van der Waals surface area (Å²) in [7, 11) is -3.64. The van der Waals surface area contributed by atoms with Crippen LogP contribution in [0.1, 0.15) is 12.5 Å². The monoisotopic (exact) mass is 393 g/mol. The SMILES string of the molecule is C[C@@H](COS(C)(=O)=O)[C@](O)(Cn1cncn1)c1ccc(Cl)cc1Cl. The van der Waals surface area contributed by atoms with Crippen LogP contribution in [0.3, 0.4) is 0 Å². The third-order valence-corrected chi connectivity index (χ3v) is 4.73. The fraction of sp³-hybridized carbons (Fsp3) is 0.429. The summed E-state index contributed by atoms with van der Waals surface area (Å²) in [6, 6.07) is 4.70. The number of hydrogen-bond donors (Lipinski definition) is 1. The van der Waals surface area contributed by atoms with Gasteiger partial charge in [0, 0.05) is 21.5 Å². The van der Waals surface area contributed by atoms with Crippen molar-refractivity contribution in [3.8, 4) is 0 Å². The van der Waals surface area contributed by atoms with Gasteiger partial charge in [0.2, 0.25) is 0 Å². The zero-order chi connectivity index (χ0) is 18.0. The zero-order valence-corrected chi connectivity index (χ0v) is 15.4. The molecule has 2 atom stereocenters. The summed E-state index contributed by atoms with van der Waals surface area (Å²) in [5, 5.41) is 16.0. The van der Waals surface area contributed by atoms with E-state index in [9.17, 15) is 13.5 Å². The van der Waals surface area contributed by atoms with Crippen LogP contribution in [0.4, 0.5) is 0 Å². The van der Waals surface area contributed by atoms with Crippen molar-refractivity contribution in [2.75, 3.05) is 12.9 Å². The molecule has 0 bridgehead atoms. The molecule has 1 heterocycles. The van der Waals surface area contributed by atoms with Crippen molar-refractivity contribution in [1.29, 1.82) is 0 Å². The van der Waals surface area contributed by atoms with E-state index in [1.807, 2.05) is 0 Å². The van der Waals surface area contributed by atoms with Crippen LogP contribution in [0.25, 0.3) is 0 Å². The van der Waals surface area contributed by atoms with Crippen molar-refractivity contribution < 1.29 is 17.7 Å². The Morgan fingerprint density at radius 3 is 2.67 bits per heavy atom. The van der Waals surface area contributed by atoms with E-state index in [2.05, 4.69) is 10.1 Å². The highest BCUT2D eigenvalue weighted by atomic mass is 35.5.